The number of thioether (sulfide) groups is 1. The van der Waals surface area contributed by atoms with Crippen molar-refractivity contribution in [1.29, 1.82) is 5.26 Å². The van der Waals surface area contributed by atoms with Crippen LogP contribution in [0.1, 0.15) is 25.3 Å². The molecule has 0 radical (unpaired) electrons. The minimum atomic E-state index is -0.457. The van der Waals surface area contributed by atoms with E-state index in [1.807, 2.05) is 17.8 Å². The summed E-state index contributed by atoms with van der Waals surface area (Å²) >= 11 is 1.94. The van der Waals surface area contributed by atoms with Gasteiger partial charge in [-0.05, 0) is 37.7 Å². The highest BCUT2D eigenvalue weighted by Crippen LogP contribution is 2.37. The molecule has 0 spiro atoms. The van der Waals surface area contributed by atoms with Gasteiger partial charge < -0.3 is 5.32 Å². The van der Waals surface area contributed by atoms with Crippen molar-refractivity contribution in [3.8, 4) is 6.07 Å². The van der Waals surface area contributed by atoms with Crippen molar-refractivity contribution in [2.75, 3.05) is 17.6 Å². The van der Waals surface area contributed by atoms with Gasteiger partial charge in [0.2, 0.25) is 0 Å². The van der Waals surface area contributed by atoms with E-state index < -0.39 is 5.82 Å². The van der Waals surface area contributed by atoms with E-state index in [4.69, 9.17) is 5.26 Å². The molecule has 1 aliphatic heterocycles. The van der Waals surface area contributed by atoms with Crippen LogP contribution < -0.4 is 5.32 Å². The summed E-state index contributed by atoms with van der Waals surface area (Å²) in [6, 6.07) is 6.60. The van der Waals surface area contributed by atoms with Crippen molar-refractivity contribution in [2.45, 2.75) is 24.5 Å². The summed E-state index contributed by atoms with van der Waals surface area (Å²) in [6.45, 7) is 2.98. The van der Waals surface area contributed by atoms with Crippen LogP contribution in [-0.4, -0.2) is 17.0 Å². The molecule has 17 heavy (non-hydrogen) atoms. The Morgan fingerprint density at radius 3 is 3.06 bits per heavy atom. The molecule has 1 unspecified atom stereocenters. The van der Waals surface area contributed by atoms with Gasteiger partial charge in [-0.3, -0.25) is 0 Å². The average Bonchev–Trinajstić information content (AvgIpc) is 2.74. The van der Waals surface area contributed by atoms with Gasteiger partial charge in [0.1, 0.15) is 17.4 Å². The Balaban J connectivity index is 2.09. The van der Waals surface area contributed by atoms with E-state index in [0.717, 1.165) is 6.54 Å². The molecule has 0 aromatic heterocycles. The third-order valence-corrected chi connectivity index (χ3v) is 4.62. The predicted octanol–water partition coefficient (Wildman–Crippen LogP) is 3.39. The number of halogens is 1. The second kappa shape index (κ2) is 4.97. The molecule has 90 valence electrons. The van der Waals surface area contributed by atoms with Crippen LogP contribution in [0.4, 0.5) is 10.1 Å². The van der Waals surface area contributed by atoms with Crippen LogP contribution in [0.3, 0.4) is 0 Å². The van der Waals surface area contributed by atoms with E-state index in [-0.39, 0.29) is 10.3 Å². The number of nitriles is 1. The zero-order chi connectivity index (χ0) is 12.3. The molecule has 1 heterocycles. The molecule has 4 heteroatoms. The zero-order valence-corrected chi connectivity index (χ0v) is 10.6. The van der Waals surface area contributed by atoms with E-state index in [9.17, 15) is 4.39 Å². The Hall–Kier alpha value is -1.21. The lowest BCUT2D eigenvalue weighted by molar-refractivity contribution is 0.620. The lowest BCUT2D eigenvalue weighted by Gasteiger charge is -2.23. The maximum Gasteiger partial charge on any atom is 0.143 e. The molecule has 0 bridgehead atoms. The normalized spacial score (nSPS) is 23.4. The van der Waals surface area contributed by atoms with Crippen molar-refractivity contribution < 1.29 is 4.39 Å². The lowest BCUT2D eigenvalue weighted by Crippen LogP contribution is -2.27. The molecular weight excluding hydrogens is 235 g/mol. The molecule has 1 aromatic rings. The van der Waals surface area contributed by atoms with E-state index >= 15 is 0 Å². The number of hydrogen-bond acceptors (Lipinski definition) is 3. The van der Waals surface area contributed by atoms with Gasteiger partial charge >= 0.3 is 0 Å². The van der Waals surface area contributed by atoms with E-state index in [2.05, 4.69) is 12.2 Å². The third kappa shape index (κ3) is 2.73. The molecule has 1 atom stereocenters. The Morgan fingerprint density at radius 2 is 2.41 bits per heavy atom. The van der Waals surface area contributed by atoms with Crippen molar-refractivity contribution >= 4 is 17.4 Å². The highest BCUT2D eigenvalue weighted by Gasteiger charge is 2.29. The number of anilines is 1. The fourth-order valence-electron chi connectivity index (χ4n) is 2.04. The van der Waals surface area contributed by atoms with Crippen LogP contribution in [0.25, 0.3) is 0 Å². The number of hydrogen-bond donors (Lipinski definition) is 1. The molecule has 1 aliphatic rings. The number of nitrogens with zero attached hydrogens (tertiary/aromatic N) is 1. The van der Waals surface area contributed by atoms with Crippen molar-refractivity contribution in [3.05, 3.63) is 29.6 Å². The standard InChI is InChI=1S/C13H15FN2S/c1-13(6-3-7-17-13)9-16-12-5-2-4-11(14)10(12)8-15/h2,4-5,16H,3,6-7,9H2,1H3. The molecule has 2 rings (SSSR count). The maximum absolute atomic E-state index is 13.4. The van der Waals surface area contributed by atoms with E-state index in [1.54, 1.807) is 12.1 Å². The van der Waals surface area contributed by atoms with Crippen LogP contribution in [-0.2, 0) is 0 Å². The topological polar surface area (TPSA) is 35.8 Å². The fourth-order valence-corrected chi connectivity index (χ4v) is 3.29. The van der Waals surface area contributed by atoms with E-state index in [0.29, 0.717) is 5.69 Å². The summed E-state index contributed by atoms with van der Waals surface area (Å²) in [6.07, 6.45) is 2.40. The largest absolute Gasteiger partial charge is 0.383 e. The summed E-state index contributed by atoms with van der Waals surface area (Å²) in [5.74, 6) is 0.730. The van der Waals surface area contributed by atoms with Gasteiger partial charge in [0, 0.05) is 11.3 Å². The average molecular weight is 250 g/mol. The van der Waals surface area contributed by atoms with Gasteiger partial charge in [-0.2, -0.15) is 17.0 Å². The van der Waals surface area contributed by atoms with Crippen LogP contribution in [0.5, 0.6) is 0 Å². The molecule has 1 aromatic carbocycles. The summed E-state index contributed by atoms with van der Waals surface area (Å²) in [5, 5.41) is 12.1. The van der Waals surface area contributed by atoms with E-state index in [1.165, 1.54) is 24.7 Å². The second-order valence-electron chi connectivity index (χ2n) is 4.53. The molecular formula is C13H15FN2S. The second-order valence-corrected chi connectivity index (χ2v) is 6.21. The summed E-state index contributed by atoms with van der Waals surface area (Å²) < 4.78 is 13.6. The summed E-state index contributed by atoms with van der Waals surface area (Å²) in [5.41, 5.74) is 0.709. The monoisotopic (exact) mass is 250 g/mol. The minimum absolute atomic E-state index is 0.110. The first-order valence-electron chi connectivity index (χ1n) is 5.71. The first kappa shape index (κ1) is 12.3. The van der Waals surface area contributed by atoms with Gasteiger partial charge in [-0.1, -0.05) is 6.07 Å². The Morgan fingerprint density at radius 1 is 1.59 bits per heavy atom. The smallest absolute Gasteiger partial charge is 0.143 e. The van der Waals surface area contributed by atoms with Crippen LogP contribution >= 0.6 is 11.8 Å². The van der Waals surface area contributed by atoms with Gasteiger partial charge in [0.25, 0.3) is 0 Å². The van der Waals surface area contributed by atoms with Crippen LogP contribution in [0.2, 0.25) is 0 Å². The number of benzene rings is 1. The van der Waals surface area contributed by atoms with Gasteiger partial charge in [-0.25, -0.2) is 4.39 Å². The first-order chi connectivity index (χ1) is 8.14. The zero-order valence-electron chi connectivity index (χ0n) is 9.79. The summed E-state index contributed by atoms with van der Waals surface area (Å²) in [7, 11) is 0. The Bertz CT molecular complexity index is 447. The minimum Gasteiger partial charge on any atom is -0.383 e. The SMILES string of the molecule is CC1(CNc2cccc(F)c2C#N)CCCS1. The number of nitrogens with one attached hydrogen (secondary N) is 1. The van der Waals surface area contributed by atoms with Crippen molar-refractivity contribution in [2.24, 2.45) is 0 Å². The van der Waals surface area contributed by atoms with Crippen LogP contribution in [0, 0.1) is 17.1 Å². The highest BCUT2D eigenvalue weighted by molar-refractivity contribution is 8.00. The Labute approximate surface area is 105 Å². The van der Waals surface area contributed by atoms with Crippen molar-refractivity contribution in [1.82, 2.24) is 0 Å². The quantitative estimate of drug-likeness (QED) is 0.893. The molecule has 0 saturated carbocycles. The molecule has 2 nitrogen and oxygen atoms in total. The molecule has 1 N–H and O–H groups in total. The van der Waals surface area contributed by atoms with Gasteiger partial charge in [0.15, 0.2) is 0 Å². The third-order valence-electron chi connectivity index (χ3n) is 3.08. The molecule has 1 saturated heterocycles. The lowest BCUT2D eigenvalue weighted by atomic mass is 10.1. The van der Waals surface area contributed by atoms with Crippen LogP contribution in [0.15, 0.2) is 18.2 Å². The van der Waals surface area contributed by atoms with Gasteiger partial charge in [-0.15, -0.1) is 0 Å². The maximum atomic E-state index is 13.4. The Kier molecular flexibility index (Phi) is 3.58. The molecule has 0 aliphatic carbocycles. The molecule has 1 fully saturated rings. The summed E-state index contributed by atoms with van der Waals surface area (Å²) in [4.78, 5) is 0. The first-order valence-corrected chi connectivity index (χ1v) is 6.70. The van der Waals surface area contributed by atoms with Crippen molar-refractivity contribution in [3.63, 3.8) is 0 Å². The highest BCUT2D eigenvalue weighted by atomic mass is 32.2. The predicted molar refractivity (Wildman–Crippen MR) is 69.7 cm³/mol. The molecule has 0 amide bonds. The number of rotatable bonds is 3. The fraction of sp³-hybridized carbons (Fsp3) is 0.462. The van der Waals surface area contributed by atoms with Gasteiger partial charge in [0.05, 0.1) is 5.69 Å².